The van der Waals surface area contributed by atoms with E-state index < -0.39 is 5.91 Å². The van der Waals surface area contributed by atoms with Gasteiger partial charge in [-0.05, 0) is 31.5 Å². The molecular formula is C17H17Cl2N5O3. The summed E-state index contributed by atoms with van der Waals surface area (Å²) in [5.74, 6) is 0.0169. The number of aliphatic hydroxyl groups is 1. The number of nitrogens with zero attached hydrogens (tertiary/aromatic N) is 3. The third-order valence-electron chi connectivity index (χ3n) is 3.80. The number of rotatable bonds is 6. The fraction of sp³-hybridized carbons (Fsp3) is 0.235. The predicted molar refractivity (Wildman–Crippen MR) is 103 cm³/mol. The van der Waals surface area contributed by atoms with E-state index in [0.717, 1.165) is 5.56 Å². The number of hydrogen-bond acceptors (Lipinski definition) is 6. The lowest BCUT2D eigenvalue weighted by atomic mass is 10.2. The van der Waals surface area contributed by atoms with Gasteiger partial charge < -0.3 is 10.4 Å². The summed E-state index contributed by atoms with van der Waals surface area (Å²) in [5.41, 5.74) is 4.75. The van der Waals surface area contributed by atoms with Crippen LogP contribution in [-0.4, -0.2) is 38.8 Å². The van der Waals surface area contributed by atoms with Gasteiger partial charge in [0.05, 0.1) is 35.2 Å². The van der Waals surface area contributed by atoms with Crippen LogP contribution in [0.1, 0.15) is 21.7 Å². The Morgan fingerprint density at radius 3 is 2.78 bits per heavy atom. The first kappa shape index (κ1) is 19.4. The van der Waals surface area contributed by atoms with Crippen molar-refractivity contribution >= 4 is 46.1 Å². The number of hydrogen-bond donors (Lipinski definition) is 3. The van der Waals surface area contributed by atoms with Gasteiger partial charge in [0.25, 0.3) is 5.91 Å². The Morgan fingerprint density at radius 1 is 1.30 bits per heavy atom. The van der Waals surface area contributed by atoms with E-state index in [2.05, 4.69) is 21.0 Å². The van der Waals surface area contributed by atoms with Gasteiger partial charge in [0, 0.05) is 6.20 Å². The highest BCUT2D eigenvalue weighted by Gasteiger charge is 2.21. The minimum atomic E-state index is -0.550. The minimum absolute atomic E-state index is 0.0417. The van der Waals surface area contributed by atoms with Crippen molar-refractivity contribution in [2.45, 2.75) is 13.8 Å². The number of carbonyl (C=O) groups is 1. The summed E-state index contributed by atoms with van der Waals surface area (Å²) in [6.45, 7) is 3.39. The number of anilines is 2. The smallest absolute Gasteiger partial charge is 0.278 e. The Labute approximate surface area is 165 Å². The van der Waals surface area contributed by atoms with Gasteiger partial charge in [-0.25, -0.2) is 5.48 Å². The lowest BCUT2D eigenvalue weighted by molar-refractivity contribution is 0.0168. The monoisotopic (exact) mass is 409 g/mol. The second kappa shape index (κ2) is 8.10. The highest BCUT2D eigenvalue weighted by molar-refractivity contribution is 6.37. The predicted octanol–water partition coefficient (Wildman–Crippen LogP) is 3.05. The van der Waals surface area contributed by atoms with Gasteiger partial charge in [0.1, 0.15) is 10.8 Å². The molecule has 2 aromatic heterocycles. The average Bonchev–Trinajstić information content (AvgIpc) is 3.00. The van der Waals surface area contributed by atoms with E-state index >= 15 is 0 Å². The summed E-state index contributed by atoms with van der Waals surface area (Å²) in [6, 6.07) is 5.46. The third kappa shape index (κ3) is 3.98. The third-order valence-corrected chi connectivity index (χ3v) is 4.47. The van der Waals surface area contributed by atoms with Crippen LogP contribution in [0.2, 0.25) is 10.0 Å². The molecule has 0 radical (unpaired) electrons. The molecule has 0 atom stereocenters. The summed E-state index contributed by atoms with van der Waals surface area (Å²) < 4.78 is 1.60. The maximum atomic E-state index is 12.6. The number of pyridine rings is 1. The Balaban J connectivity index is 2.09. The molecule has 0 saturated heterocycles. The van der Waals surface area contributed by atoms with Crippen molar-refractivity contribution < 1.29 is 14.7 Å². The van der Waals surface area contributed by atoms with Crippen LogP contribution in [0.25, 0.3) is 5.65 Å². The van der Waals surface area contributed by atoms with E-state index in [1.165, 1.54) is 0 Å². The summed E-state index contributed by atoms with van der Waals surface area (Å²) in [5, 5.41) is 20.6. The molecule has 1 aromatic carbocycles. The van der Waals surface area contributed by atoms with Crippen LogP contribution >= 0.6 is 23.2 Å². The summed E-state index contributed by atoms with van der Waals surface area (Å²) in [6.07, 6.45) is 1.55. The van der Waals surface area contributed by atoms with Crippen molar-refractivity contribution in [2.24, 2.45) is 0 Å². The Morgan fingerprint density at radius 2 is 2.07 bits per heavy atom. The molecule has 27 heavy (non-hydrogen) atoms. The van der Waals surface area contributed by atoms with Gasteiger partial charge >= 0.3 is 0 Å². The molecular weight excluding hydrogens is 393 g/mol. The van der Waals surface area contributed by atoms with E-state index in [0.29, 0.717) is 27.9 Å². The molecule has 0 aliphatic carbocycles. The standard InChI is InChI=1S/C17H17Cl2N5O3/c1-9-3-4-13(12(18)7-9)20-15-11(17(26)23-27-6-5-25)8-24-10(2)21-22-16(24)14(15)19/h3-4,7-8,20,25H,5-6H2,1-2H3,(H,23,26). The molecule has 3 N–H and O–H groups in total. The SMILES string of the molecule is Cc1ccc(Nc2c(C(=O)NOCCO)cn3c(C)nnc3c2Cl)c(Cl)c1. The molecule has 1 amide bonds. The van der Waals surface area contributed by atoms with E-state index in [1.54, 1.807) is 29.7 Å². The summed E-state index contributed by atoms with van der Waals surface area (Å²) >= 11 is 12.8. The van der Waals surface area contributed by atoms with Crippen LogP contribution in [0, 0.1) is 13.8 Å². The van der Waals surface area contributed by atoms with Gasteiger partial charge in [-0.1, -0.05) is 29.3 Å². The van der Waals surface area contributed by atoms with Crippen molar-refractivity contribution in [1.82, 2.24) is 20.1 Å². The number of fused-ring (bicyclic) bond motifs is 1. The Bertz CT molecular complexity index is 1010. The molecule has 2 heterocycles. The van der Waals surface area contributed by atoms with Gasteiger partial charge in [-0.15, -0.1) is 10.2 Å². The molecule has 3 aromatic rings. The number of aromatic nitrogens is 3. The zero-order valence-electron chi connectivity index (χ0n) is 14.6. The topological polar surface area (TPSA) is 101 Å². The number of aliphatic hydroxyl groups excluding tert-OH is 1. The fourth-order valence-corrected chi connectivity index (χ4v) is 3.03. The van der Waals surface area contributed by atoms with Crippen LogP contribution in [0.5, 0.6) is 0 Å². The molecule has 0 bridgehead atoms. The number of amides is 1. The fourth-order valence-electron chi connectivity index (χ4n) is 2.46. The zero-order chi connectivity index (χ0) is 19.6. The largest absolute Gasteiger partial charge is 0.394 e. The summed E-state index contributed by atoms with van der Waals surface area (Å²) in [7, 11) is 0. The van der Waals surface area contributed by atoms with Crippen LogP contribution in [-0.2, 0) is 4.84 Å². The van der Waals surface area contributed by atoms with E-state index in [4.69, 9.17) is 33.1 Å². The van der Waals surface area contributed by atoms with Gasteiger partial charge in [0.15, 0.2) is 5.65 Å². The molecule has 0 aliphatic rings. The maximum absolute atomic E-state index is 12.6. The molecule has 0 unspecified atom stereocenters. The first-order chi connectivity index (χ1) is 12.9. The second-order valence-electron chi connectivity index (χ2n) is 5.78. The highest BCUT2D eigenvalue weighted by Crippen LogP contribution is 2.35. The Hall–Kier alpha value is -2.39. The minimum Gasteiger partial charge on any atom is -0.394 e. The first-order valence-corrected chi connectivity index (χ1v) is 8.78. The van der Waals surface area contributed by atoms with Crippen molar-refractivity contribution in [3.63, 3.8) is 0 Å². The number of benzene rings is 1. The van der Waals surface area contributed by atoms with Gasteiger partial charge in [0.2, 0.25) is 0 Å². The lowest BCUT2D eigenvalue weighted by Crippen LogP contribution is -2.26. The van der Waals surface area contributed by atoms with Crippen LogP contribution < -0.4 is 10.8 Å². The number of halogens is 2. The number of aryl methyl sites for hydroxylation is 2. The van der Waals surface area contributed by atoms with Crippen molar-refractivity contribution in [3.8, 4) is 0 Å². The summed E-state index contributed by atoms with van der Waals surface area (Å²) in [4.78, 5) is 17.5. The first-order valence-electron chi connectivity index (χ1n) is 8.02. The van der Waals surface area contributed by atoms with Crippen molar-refractivity contribution in [2.75, 3.05) is 18.5 Å². The quantitative estimate of drug-likeness (QED) is 0.427. The molecule has 3 rings (SSSR count). The number of carbonyl (C=O) groups excluding carboxylic acids is 1. The molecule has 0 aliphatic heterocycles. The average molecular weight is 410 g/mol. The molecule has 0 fully saturated rings. The molecule has 8 nitrogen and oxygen atoms in total. The normalized spacial score (nSPS) is 11.0. The number of hydroxylamine groups is 1. The van der Waals surface area contributed by atoms with E-state index in [9.17, 15) is 4.79 Å². The number of nitrogens with one attached hydrogen (secondary N) is 2. The van der Waals surface area contributed by atoms with Gasteiger partial charge in [-0.3, -0.25) is 14.0 Å². The van der Waals surface area contributed by atoms with Crippen LogP contribution in [0.15, 0.2) is 24.4 Å². The van der Waals surface area contributed by atoms with Crippen LogP contribution in [0.4, 0.5) is 11.4 Å². The van der Waals surface area contributed by atoms with Crippen molar-refractivity contribution in [1.29, 1.82) is 0 Å². The molecule has 142 valence electrons. The maximum Gasteiger partial charge on any atom is 0.278 e. The second-order valence-corrected chi connectivity index (χ2v) is 6.57. The van der Waals surface area contributed by atoms with E-state index in [-0.39, 0.29) is 23.8 Å². The van der Waals surface area contributed by atoms with Crippen LogP contribution in [0.3, 0.4) is 0 Å². The Kier molecular flexibility index (Phi) is 5.81. The zero-order valence-corrected chi connectivity index (χ0v) is 16.1. The lowest BCUT2D eigenvalue weighted by Gasteiger charge is -2.16. The molecule has 0 spiro atoms. The van der Waals surface area contributed by atoms with Crippen molar-refractivity contribution in [3.05, 3.63) is 51.4 Å². The van der Waals surface area contributed by atoms with E-state index in [1.807, 2.05) is 13.0 Å². The molecule has 10 heteroatoms. The van der Waals surface area contributed by atoms with Gasteiger partial charge in [-0.2, -0.15) is 0 Å². The highest BCUT2D eigenvalue weighted by atomic mass is 35.5. The molecule has 0 saturated carbocycles.